The van der Waals surface area contributed by atoms with Gasteiger partial charge in [-0.2, -0.15) is 0 Å². The van der Waals surface area contributed by atoms with Crippen LogP contribution in [-0.2, 0) is 13.1 Å². The number of imidazole rings is 1. The Kier molecular flexibility index (Phi) is 4.84. The van der Waals surface area contributed by atoms with Gasteiger partial charge in [0.2, 0.25) is 0 Å². The highest BCUT2D eigenvalue weighted by atomic mass is 19.1. The van der Waals surface area contributed by atoms with Gasteiger partial charge in [-0.15, -0.1) is 0 Å². The molecular formula is C15H19F2N3. The molecule has 1 aromatic heterocycles. The van der Waals surface area contributed by atoms with Gasteiger partial charge in [0.15, 0.2) is 0 Å². The van der Waals surface area contributed by atoms with Crippen LogP contribution < -0.4 is 5.32 Å². The Morgan fingerprint density at radius 3 is 2.85 bits per heavy atom. The van der Waals surface area contributed by atoms with Crippen molar-refractivity contribution in [1.82, 2.24) is 14.9 Å². The average Bonchev–Trinajstić information content (AvgIpc) is 2.79. The minimum absolute atomic E-state index is 0.330. The van der Waals surface area contributed by atoms with Crippen LogP contribution in [0.5, 0.6) is 0 Å². The highest BCUT2D eigenvalue weighted by Crippen LogP contribution is 2.09. The van der Waals surface area contributed by atoms with Crippen LogP contribution in [0.4, 0.5) is 8.78 Å². The summed E-state index contributed by atoms with van der Waals surface area (Å²) in [5, 5.41) is 3.16. The Labute approximate surface area is 117 Å². The Bertz CT molecular complexity index is 566. The molecular weight excluding hydrogens is 260 g/mol. The first-order valence-corrected chi connectivity index (χ1v) is 6.68. The molecule has 2 aromatic rings. The van der Waals surface area contributed by atoms with E-state index in [0.29, 0.717) is 18.0 Å². The summed E-state index contributed by atoms with van der Waals surface area (Å²) in [6, 6.07) is 3.51. The molecule has 1 heterocycles. The van der Waals surface area contributed by atoms with E-state index in [1.54, 1.807) is 6.20 Å². The van der Waals surface area contributed by atoms with Gasteiger partial charge in [-0.1, -0.05) is 6.92 Å². The van der Waals surface area contributed by atoms with E-state index >= 15 is 0 Å². The number of halogens is 2. The first kappa shape index (κ1) is 14.7. The normalized spacial score (nSPS) is 12.6. The minimum Gasteiger partial charge on any atom is -0.335 e. The van der Waals surface area contributed by atoms with Crippen LogP contribution in [-0.4, -0.2) is 16.1 Å². The fourth-order valence-corrected chi connectivity index (χ4v) is 2.13. The van der Waals surface area contributed by atoms with Gasteiger partial charge in [-0.3, -0.25) is 0 Å². The summed E-state index contributed by atoms with van der Waals surface area (Å²) in [6.07, 6.45) is 3.72. The SMILES string of the molecule is Cc1nccn1CC(C)CNCc1cc(F)ccc1F. The number of hydrogen-bond donors (Lipinski definition) is 1. The van der Waals surface area contributed by atoms with E-state index in [1.807, 2.05) is 13.1 Å². The largest absolute Gasteiger partial charge is 0.335 e. The second kappa shape index (κ2) is 6.61. The molecule has 0 aliphatic heterocycles. The second-order valence-corrected chi connectivity index (χ2v) is 5.10. The van der Waals surface area contributed by atoms with Gasteiger partial charge < -0.3 is 9.88 Å². The molecule has 0 spiro atoms. The van der Waals surface area contributed by atoms with Crippen molar-refractivity contribution in [3.05, 3.63) is 53.6 Å². The van der Waals surface area contributed by atoms with Crippen LogP contribution in [0.2, 0.25) is 0 Å². The molecule has 0 amide bonds. The molecule has 0 bridgehead atoms. The number of nitrogens with one attached hydrogen (secondary N) is 1. The van der Waals surface area contributed by atoms with Gasteiger partial charge in [0.25, 0.3) is 0 Å². The van der Waals surface area contributed by atoms with Crippen molar-refractivity contribution in [1.29, 1.82) is 0 Å². The summed E-state index contributed by atoms with van der Waals surface area (Å²) in [5.74, 6) is 0.565. The molecule has 0 fully saturated rings. The lowest BCUT2D eigenvalue weighted by atomic mass is 10.1. The smallest absolute Gasteiger partial charge is 0.127 e. The summed E-state index contributed by atoms with van der Waals surface area (Å²) in [5.41, 5.74) is 0.357. The highest BCUT2D eigenvalue weighted by molar-refractivity contribution is 5.18. The monoisotopic (exact) mass is 279 g/mol. The van der Waals surface area contributed by atoms with Crippen LogP contribution in [0, 0.1) is 24.5 Å². The number of aryl methyl sites for hydroxylation is 1. The van der Waals surface area contributed by atoms with Crippen molar-refractivity contribution >= 4 is 0 Å². The molecule has 0 aliphatic rings. The van der Waals surface area contributed by atoms with Crippen LogP contribution in [0.15, 0.2) is 30.6 Å². The summed E-state index contributed by atoms with van der Waals surface area (Å²) < 4.78 is 28.5. The molecule has 108 valence electrons. The Balaban J connectivity index is 1.81. The van der Waals surface area contributed by atoms with E-state index in [4.69, 9.17) is 0 Å². The first-order chi connectivity index (χ1) is 9.56. The fourth-order valence-electron chi connectivity index (χ4n) is 2.13. The predicted octanol–water partition coefficient (Wildman–Crippen LogP) is 2.90. The maximum Gasteiger partial charge on any atom is 0.127 e. The molecule has 1 atom stereocenters. The van der Waals surface area contributed by atoms with Crippen molar-refractivity contribution in [3.8, 4) is 0 Å². The van der Waals surface area contributed by atoms with Crippen molar-refractivity contribution in [2.24, 2.45) is 5.92 Å². The molecule has 0 aliphatic carbocycles. The number of aromatic nitrogens is 2. The summed E-state index contributed by atoms with van der Waals surface area (Å²) in [7, 11) is 0. The first-order valence-electron chi connectivity index (χ1n) is 6.68. The highest BCUT2D eigenvalue weighted by Gasteiger charge is 2.07. The molecule has 1 aromatic carbocycles. The van der Waals surface area contributed by atoms with Gasteiger partial charge in [0.05, 0.1) is 0 Å². The fraction of sp³-hybridized carbons (Fsp3) is 0.400. The number of benzene rings is 1. The van der Waals surface area contributed by atoms with Crippen molar-refractivity contribution in [2.45, 2.75) is 26.9 Å². The van der Waals surface area contributed by atoms with Crippen LogP contribution in [0.1, 0.15) is 18.3 Å². The molecule has 20 heavy (non-hydrogen) atoms. The molecule has 0 saturated heterocycles. The maximum atomic E-state index is 13.4. The van der Waals surface area contributed by atoms with Gasteiger partial charge in [0, 0.05) is 31.0 Å². The second-order valence-electron chi connectivity index (χ2n) is 5.10. The van der Waals surface area contributed by atoms with E-state index in [2.05, 4.69) is 21.8 Å². The molecule has 1 N–H and O–H groups in total. The van der Waals surface area contributed by atoms with Crippen molar-refractivity contribution in [3.63, 3.8) is 0 Å². The van der Waals surface area contributed by atoms with Crippen molar-refractivity contribution in [2.75, 3.05) is 6.54 Å². The average molecular weight is 279 g/mol. The molecule has 5 heteroatoms. The van der Waals surface area contributed by atoms with Crippen molar-refractivity contribution < 1.29 is 8.78 Å². The van der Waals surface area contributed by atoms with E-state index < -0.39 is 5.82 Å². The predicted molar refractivity (Wildman–Crippen MR) is 74.2 cm³/mol. The third-order valence-electron chi connectivity index (χ3n) is 3.25. The number of nitrogens with zero attached hydrogens (tertiary/aromatic N) is 2. The molecule has 2 rings (SSSR count). The van der Waals surface area contributed by atoms with Crippen LogP contribution >= 0.6 is 0 Å². The Morgan fingerprint density at radius 2 is 2.15 bits per heavy atom. The van der Waals surface area contributed by atoms with Gasteiger partial charge in [-0.25, -0.2) is 13.8 Å². The third kappa shape index (κ3) is 3.87. The maximum absolute atomic E-state index is 13.4. The van der Waals surface area contributed by atoms with E-state index in [9.17, 15) is 8.78 Å². The van der Waals surface area contributed by atoms with E-state index in [0.717, 1.165) is 31.0 Å². The lowest BCUT2D eigenvalue weighted by Gasteiger charge is -2.14. The van der Waals surface area contributed by atoms with Crippen LogP contribution in [0.25, 0.3) is 0 Å². The topological polar surface area (TPSA) is 29.9 Å². The molecule has 3 nitrogen and oxygen atoms in total. The molecule has 1 unspecified atom stereocenters. The van der Waals surface area contributed by atoms with Gasteiger partial charge >= 0.3 is 0 Å². The lowest BCUT2D eigenvalue weighted by Crippen LogP contribution is -2.24. The number of rotatable bonds is 6. The molecule has 0 saturated carbocycles. The standard InChI is InChI=1S/C15H19F2N3/c1-11(10-20-6-5-19-12(20)2)8-18-9-13-7-14(16)3-4-15(13)17/h3-7,11,18H,8-10H2,1-2H3. The summed E-state index contributed by atoms with van der Waals surface area (Å²) in [6.45, 7) is 5.98. The Morgan fingerprint density at radius 1 is 1.35 bits per heavy atom. The van der Waals surface area contributed by atoms with E-state index in [1.165, 1.54) is 6.07 Å². The summed E-state index contributed by atoms with van der Waals surface area (Å²) >= 11 is 0. The zero-order valence-corrected chi connectivity index (χ0v) is 11.7. The van der Waals surface area contributed by atoms with Crippen LogP contribution in [0.3, 0.4) is 0 Å². The van der Waals surface area contributed by atoms with Gasteiger partial charge in [-0.05, 0) is 37.6 Å². The minimum atomic E-state index is -0.412. The zero-order valence-electron chi connectivity index (χ0n) is 11.7. The third-order valence-corrected chi connectivity index (χ3v) is 3.25. The lowest BCUT2D eigenvalue weighted by molar-refractivity contribution is 0.437. The van der Waals surface area contributed by atoms with Gasteiger partial charge in [0.1, 0.15) is 17.5 Å². The number of hydrogen-bond acceptors (Lipinski definition) is 2. The Hall–Kier alpha value is -1.75. The summed E-state index contributed by atoms with van der Waals surface area (Å²) in [4.78, 5) is 4.17. The zero-order chi connectivity index (χ0) is 14.5. The molecule has 0 radical (unpaired) electrons. The van der Waals surface area contributed by atoms with E-state index in [-0.39, 0.29) is 5.82 Å². The quantitative estimate of drug-likeness (QED) is 0.881.